The van der Waals surface area contributed by atoms with Crippen molar-refractivity contribution in [2.75, 3.05) is 0 Å². The zero-order chi connectivity index (χ0) is 16.7. The fraction of sp³-hybridized carbons (Fsp3) is 0.600. The first-order valence-corrected chi connectivity index (χ1v) is 12.6. The van der Waals surface area contributed by atoms with E-state index in [1.807, 2.05) is 11.8 Å². The number of hydrogen-bond donors (Lipinski definition) is 0. The second-order valence-electron chi connectivity index (χ2n) is 8.57. The van der Waals surface area contributed by atoms with Gasteiger partial charge in [0, 0.05) is 10.8 Å². The van der Waals surface area contributed by atoms with Gasteiger partial charge >= 0.3 is 0 Å². The Kier molecular flexibility index (Phi) is 4.83. The highest BCUT2D eigenvalue weighted by Gasteiger charge is 2.44. The highest BCUT2D eigenvalue weighted by molar-refractivity contribution is 8.03. The molecule has 3 aliphatic rings. The van der Waals surface area contributed by atoms with Crippen LogP contribution in [-0.2, 0) is 4.43 Å². The predicted molar refractivity (Wildman–Crippen MR) is 103 cm³/mol. The highest BCUT2D eigenvalue weighted by atomic mass is 32.2. The van der Waals surface area contributed by atoms with E-state index in [1.54, 1.807) is 4.91 Å². The maximum Gasteiger partial charge on any atom is 0.192 e. The monoisotopic (exact) mass is 346 g/mol. The summed E-state index contributed by atoms with van der Waals surface area (Å²) in [4.78, 5) is 2.95. The molecule has 1 aromatic rings. The molecule has 126 valence electrons. The molecular weight excluding hydrogens is 316 g/mol. The summed E-state index contributed by atoms with van der Waals surface area (Å²) < 4.78 is 6.76. The minimum absolute atomic E-state index is 0.301. The summed E-state index contributed by atoms with van der Waals surface area (Å²) in [6, 6.07) is 10.8. The molecule has 1 aromatic carbocycles. The van der Waals surface area contributed by atoms with Crippen LogP contribution in [0.25, 0.3) is 0 Å². The third-order valence-corrected chi connectivity index (χ3v) is 11.6. The Morgan fingerprint density at radius 2 is 1.78 bits per heavy atom. The number of benzene rings is 1. The van der Waals surface area contributed by atoms with E-state index in [4.69, 9.17) is 4.43 Å². The minimum atomic E-state index is -1.66. The third kappa shape index (κ3) is 3.78. The molecule has 23 heavy (non-hydrogen) atoms. The molecule has 0 heterocycles. The number of thioether (sulfide) groups is 1. The smallest absolute Gasteiger partial charge is 0.192 e. The minimum Gasteiger partial charge on any atom is -0.413 e. The van der Waals surface area contributed by atoms with Crippen molar-refractivity contribution >= 4 is 20.1 Å². The topological polar surface area (TPSA) is 9.23 Å². The quantitative estimate of drug-likeness (QED) is 0.577. The molecule has 1 fully saturated rings. The Hall–Kier alpha value is -0.513. The Morgan fingerprint density at radius 1 is 1.09 bits per heavy atom. The van der Waals surface area contributed by atoms with E-state index in [2.05, 4.69) is 70.3 Å². The lowest BCUT2D eigenvalue weighted by atomic mass is 9.74. The largest absolute Gasteiger partial charge is 0.413 e. The molecule has 3 heteroatoms. The van der Waals surface area contributed by atoms with Gasteiger partial charge in [0.05, 0.1) is 6.10 Å². The summed E-state index contributed by atoms with van der Waals surface area (Å²) >= 11 is 1.97. The van der Waals surface area contributed by atoms with E-state index in [0.717, 1.165) is 0 Å². The van der Waals surface area contributed by atoms with Crippen LogP contribution in [0.2, 0.25) is 18.1 Å². The van der Waals surface area contributed by atoms with Gasteiger partial charge in [0.15, 0.2) is 8.32 Å². The van der Waals surface area contributed by atoms with E-state index < -0.39 is 8.32 Å². The van der Waals surface area contributed by atoms with Gasteiger partial charge in [-0.15, -0.1) is 0 Å². The molecule has 0 radical (unpaired) electrons. The molecule has 4 rings (SSSR count). The summed E-state index contributed by atoms with van der Waals surface area (Å²) in [5.74, 6) is 1.33. The lowest BCUT2D eigenvalue weighted by Gasteiger charge is -2.47. The maximum atomic E-state index is 6.76. The van der Waals surface area contributed by atoms with Gasteiger partial charge in [0.25, 0.3) is 0 Å². The molecule has 0 aliphatic heterocycles. The molecule has 2 bridgehead atoms. The second-order valence-corrected chi connectivity index (χ2v) is 14.5. The van der Waals surface area contributed by atoms with Gasteiger partial charge in [-0.05, 0) is 60.4 Å². The van der Waals surface area contributed by atoms with E-state index in [0.29, 0.717) is 23.0 Å². The molecular formula is C20H30OSSi. The lowest BCUT2D eigenvalue weighted by molar-refractivity contribution is 0.0742. The van der Waals surface area contributed by atoms with Crippen molar-refractivity contribution in [2.24, 2.45) is 11.8 Å². The molecule has 1 saturated carbocycles. The summed E-state index contributed by atoms with van der Waals surface area (Å²) in [5, 5.41) is 0.301. The van der Waals surface area contributed by atoms with E-state index in [-0.39, 0.29) is 0 Å². The number of fused-ring (bicyclic) bond motifs is 2. The van der Waals surface area contributed by atoms with Crippen LogP contribution >= 0.6 is 11.8 Å². The van der Waals surface area contributed by atoms with Crippen LogP contribution in [-0.4, -0.2) is 14.4 Å². The first kappa shape index (κ1) is 17.3. The molecule has 0 saturated heterocycles. The van der Waals surface area contributed by atoms with Crippen LogP contribution in [0.5, 0.6) is 0 Å². The van der Waals surface area contributed by atoms with Gasteiger partial charge in [-0.2, -0.15) is 0 Å². The zero-order valence-electron chi connectivity index (χ0n) is 15.1. The van der Waals surface area contributed by atoms with Crippen LogP contribution < -0.4 is 0 Å². The van der Waals surface area contributed by atoms with Crippen LogP contribution in [0.3, 0.4) is 0 Å². The Labute approximate surface area is 147 Å². The van der Waals surface area contributed by atoms with Crippen LogP contribution in [0.15, 0.2) is 46.2 Å². The van der Waals surface area contributed by atoms with Crippen LogP contribution in [0.4, 0.5) is 0 Å². The summed E-state index contributed by atoms with van der Waals surface area (Å²) in [7, 11) is -1.66. The van der Waals surface area contributed by atoms with Gasteiger partial charge < -0.3 is 4.43 Å². The van der Waals surface area contributed by atoms with Gasteiger partial charge in [-0.25, -0.2) is 0 Å². The Balaban J connectivity index is 1.71. The third-order valence-electron chi connectivity index (χ3n) is 5.85. The number of hydrogen-bond acceptors (Lipinski definition) is 2. The second kappa shape index (κ2) is 6.42. The molecule has 3 atom stereocenters. The summed E-state index contributed by atoms with van der Waals surface area (Å²) in [5.41, 5.74) is 0. The van der Waals surface area contributed by atoms with Crippen molar-refractivity contribution in [3.05, 3.63) is 41.3 Å². The average Bonchev–Trinajstić information content (AvgIpc) is 2.48. The Bertz CT molecular complexity index is 573. The lowest BCUT2D eigenvalue weighted by Crippen LogP contribution is -2.48. The molecule has 0 N–H and O–H groups in total. The van der Waals surface area contributed by atoms with Crippen molar-refractivity contribution in [3.63, 3.8) is 0 Å². The van der Waals surface area contributed by atoms with Crippen LogP contribution in [0.1, 0.15) is 40.0 Å². The summed E-state index contributed by atoms with van der Waals surface area (Å²) in [6.45, 7) is 11.8. The Morgan fingerprint density at radius 3 is 2.35 bits per heavy atom. The van der Waals surface area contributed by atoms with Crippen molar-refractivity contribution in [2.45, 2.75) is 69.2 Å². The van der Waals surface area contributed by atoms with Crippen molar-refractivity contribution in [1.29, 1.82) is 0 Å². The van der Waals surface area contributed by atoms with Crippen molar-refractivity contribution < 1.29 is 4.43 Å². The molecule has 0 amide bonds. The van der Waals surface area contributed by atoms with Crippen molar-refractivity contribution in [3.8, 4) is 0 Å². The first-order chi connectivity index (χ1) is 10.8. The van der Waals surface area contributed by atoms with E-state index >= 15 is 0 Å². The van der Waals surface area contributed by atoms with E-state index in [9.17, 15) is 0 Å². The zero-order valence-corrected chi connectivity index (χ0v) is 17.0. The fourth-order valence-corrected chi connectivity index (χ4v) is 5.95. The normalized spacial score (nSPS) is 27.9. The van der Waals surface area contributed by atoms with Gasteiger partial charge in [0.2, 0.25) is 0 Å². The first-order valence-electron chi connectivity index (χ1n) is 8.89. The van der Waals surface area contributed by atoms with Gasteiger partial charge in [-0.1, -0.05) is 56.8 Å². The SMILES string of the molecule is CC(C)(C)[Si](C)(C)O[C@H]1C[C@@H]2CC[C@H]1C=C2Sc1ccccc1. The predicted octanol–water partition coefficient (Wildman–Crippen LogP) is 6.48. The average molecular weight is 347 g/mol. The van der Waals surface area contributed by atoms with Crippen molar-refractivity contribution in [1.82, 2.24) is 0 Å². The van der Waals surface area contributed by atoms with Gasteiger partial charge in [-0.3, -0.25) is 0 Å². The highest BCUT2D eigenvalue weighted by Crippen LogP contribution is 2.50. The fourth-order valence-electron chi connectivity index (χ4n) is 3.38. The van der Waals surface area contributed by atoms with E-state index in [1.165, 1.54) is 24.2 Å². The maximum absolute atomic E-state index is 6.76. The molecule has 0 unspecified atom stereocenters. The standard InChI is InChI=1S/C20H30OSSi/c1-20(2,3)23(4,5)21-18-13-16-12-11-15(18)14-19(16)22-17-9-7-6-8-10-17/h6-10,14-16,18H,11-13H2,1-5H3/t15-,16-,18-/m0/s1. The number of rotatable bonds is 4. The van der Waals surface area contributed by atoms with Gasteiger partial charge in [0.1, 0.15) is 0 Å². The summed E-state index contributed by atoms with van der Waals surface area (Å²) in [6.07, 6.45) is 6.86. The molecule has 0 spiro atoms. The molecule has 1 nitrogen and oxygen atoms in total. The molecule has 3 aliphatic carbocycles. The molecule has 0 aromatic heterocycles. The van der Waals surface area contributed by atoms with Crippen LogP contribution in [0, 0.1) is 11.8 Å². The number of allylic oxidation sites excluding steroid dienone is 1.